The number of nitrogens with two attached hydrogens (primary N) is 1. The smallest absolute Gasteiger partial charge is 0.0695 e. The van der Waals surface area contributed by atoms with Gasteiger partial charge in [0.25, 0.3) is 0 Å². The highest BCUT2D eigenvalue weighted by Crippen LogP contribution is 2.31. The number of hydrogen-bond donors (Lipinski definition) is 2. The maximum absolute atomic E-state index is 10.2. The molecule has 2 fully saturated rings. The van der Waals surface area contributed by atoms with Gasteiger partial charge in [0.1, 0.15) is 0 Å². The van der Waals surface area contributed by atoms with Crippen LogP contribution in [0.4, 0.5) is 0 Å². The lowest BCUT2D eigenvalue weighted by molar-refractivity contribution is -0.0370. The van der Waals surface area contributed by atoms with Crippen LogP contribution < -0.4 is 5.73 Å². The van der Waals surface area contributed by atoms with Crippen molar-refractivity contribution in [3.05, 3.63) is 0 Å². The fourth-order valence-electron chi connectivity index (χ4n) is 3.58. The Hall–Kier alpha value is -0.120. The summed E-state index contributed by atoms with van der Waals surface area (Å²) in [6.07, 6.45) is 8.23. The van der Waals surface area contributed by atoms with Gasteiger partial charge in [-0.3, -0.25) is 4.90 Å². The minimum Gasteiger partial charge on any atom is -0.391 e. The highest BCUT2D eigenvalue weighted by molar-refractivity contribution is 4.92. The van der Waals surface area contributed by atoms with E-state index in [1.165, 1.54) is 32.1 Å². The highest BCUT2D eigenvalue weighted by Gasteiger charge is 2.37. The van der Waals surface area contributed by atoms with E-state index < -0.39 is 0 Å². The molecule has 1 aliphatic heterocycles. The van der Waals surface area contributed by atoms with Gasteiger partial charge in [-0.2, -0.15) is 0 Å². The van der Waals surface area contributed by atoms with Crippen LogP contribution in [-0.2, 0) is 0 Å². The van der Waals surface area contributed by atoms with Crippen molar-refractivity contribution in [3.63, 3.8) is 0 Å². The molecule has 0 radical (unpaired) electrons. The lowest BCUT2D eigenvalue weighted by Crippen LogP contribution is -2.57. The predicted octanol–water partition coefficient (Wildman–Crippen LogP) is 1.49. The molecule has 0 amide bonds. The van der Waals surface area contributed by atoms with Gasteiger partial charge >= 0.3 is 0 Å². The Morgan fingerprint density at radius 2 is 1.88 bits per heavy atom. The molecule has 0 spiro atoms. The van der Waals surface area contributed by atoms with E-state index in [-0.39, 0.29) is 6.10 Å². The van der Waals surface area contributed by atoms with Gasteiger partial charge in [0.2, 0.25) is 0 Å². The average Bonchev–Trinajstić information content (AvgIpc) is 2.30. The largest absolute Gasteiger partial charge is 0.391 e. The maximum atomic E-state index is 10.2. The van der Waals surface area contributed by atoms with E-state index in [9.17, 15) is 5.11 Å². The Bertz CT molecular complexity index is 222. The molecule has 0 bridgehead atoms. The van der Waals surface area contributed by atoms with Crippen molar-refractivity contribution in [1.29, 1.82) is 0 Å². The van der Waals surface area contributed by atoms with Crippen molar-refractivity contribution in [2.75, 3.05) is 6.54 Å². The number of likely N-dealkylation sites (tertiary alicyclic amines) is 1. The second-order valence-corrected chi connectivity index (χ2v) is 5.54. The summed E-state index contributed by atoms with van der Waals surface area (Å²) in [5.74, 6) is 0. The van der Waals surface area contributed by atoms with Crippen molar-refractivity contribution in [2.24, 2.45) is 5.73 Å². The number of hydrogen-bond acceptors (Lipinski definition) is 3. The first kappa shape index (κ1) is 12.3. The third-order valence-electron chi connectivity index (χ3n) is 4.44. The van der Waals surface area contributed by atoms with Gasteiger partial charge in [0.15, 0.2) is 0 Å². The van der Waals surface area contributed by atoms with Gasteiger partial charge in [-0.05, 0) is 32.6 Å². The second kappa shape index (κ2) is 5.48. The quantitative estimate of drug-likeness (QED) is 0.750. The zero-order chi connectivity index (χ0) is 11.5. The maximum Gasteiger partial charge on any atom is 0.0695 e. The van der Waals surface area contributed by atoms with Crippen LogP contribution in [-0.4, -0.2) is 40.8 Å². The second-order valence-electron chi connectivity index (χ2n) is 5.54. The molecule has 3 nitrogen and oxygen atoms in total. The first-order chi connectivity index (χ1) is 7.74. The first-order valence-electron chi connectivity index (χ1n) is 6.89. The number of aliphatic hydroxyl groups excluding tert-OH is 1. The van der Waals surface area contributed by atoms with E-state index >= 15 is 0 Å². The Morgan fingerprint density at radius 3 is 2.56 bits per heavy atom. The van der Waals surface area contributed by atoms with E-state index in [0.29, 0.717) is 18.1 Å². The molecule has 4 unspecified atom stereocenters. The molecule has 94 valence electrons. The minimum atomic E-state index is -0.122. The summed E-state index contributed by atoms with van der Waals surface area (Å²) in [7, 11) is 0. The van der Waals surface area contributed by atoms with Crippen LogP contribution in [0.25, 0.3) is 0 Å². The minimum absolute atomic E-state index is 0.122. The van der Waals surface area contributed by atoms with Crippen molar-refractivity contribution >= 4 is 0 Å². The van der Waals surface area contributed by atoms with Crippen LogP contribution in [0.5, 0.6) is 0 Å². The lowest BCUT2D eigenvalue weighted by Gasteiger charge is -2.48. The van der Waals surface area contributed by atoms with E-state index in [1.54, 1.807) is 0 Å². The van der Waals surface area contributed by atoms with Crippen LogP contribution in [0.15, 0.2) is 0 Å². The zero-order valence-electron chi connectivity index (χ0n) is 10.4. The van der Waals surface area contributed by atoms with Crippen LogP contribution >= 0.6 is 0 Å². The Balaban J connectivity index is 2.07. The fraction of sp³-hybridized carbons (Fsp3) is 1.00. The molecule has 2 rings (SSSR count). The van der Waals surface area contributed by atoms with Gasteiger partial charge < -0.3 is 10.8 Å². The number of rotatable bonds is 2. The summed E-state index contributed by atoms with van der Waals surface area (Å²) in [6, 6.07) is 1.47. The summed E-state index contributed by atoms with van der Waals surface area (Å²) < 4.78 is 0. The monoisotopic (exact) mass is 226 g/mol. The van der Waals surface area contributed by atoms with Crippen LogP contribution in [0, 0.1) is 0 Å². The molecule has 1 aliphatic carbocycles. The van der Waals surface area contributed by atoms with Crippen LogP contribution in [0.2, 0.25) is 0 Å². The molecule has 0 aromatic heterocycles. The third kappa shape index (κ3) is 2.41. The van der Waals surface area contributed by atoms with E-state index in [1.807, 2.05) is 0 Å². The summed E-state index contributed by atoms with van der Waals surface area (Å²) in [5, 5.41) is 10.2. The summed E-state index contributed by atoms with van der Waals surface area (Å²) in [6.45, 7) is 3.04. The molecule has 3 N–H and O–H groups in total. The van der Waals surface area contributed by atoms with Crippen LogP contribution in [0.1, 0.15) is 51.9 Å². The number of aliphatic hydroxyl groups is 1. The first-order valence-corrected chi connectivity index (χ1v) is 6.89. The number of piperidine rings is 1. The van der Waals surface area contributed by atoms with Gasteiger partial charge in [-0.15, -0.1) is 0 Å². The highest BCUT2D eigenvalue weighted by atomic mass is 16.3. The molecule has 4 atom stereocenters. The van der Waals surface area contributed by atoms with Crippen molar-refractivity contribution < 1.29 is 5.11 Å². The van der Waals surface area contributed by atoms with Gasteiger partial charge in [-0.25, -0.2) is 0 Å². The van der Waals surface area contributed by atoms with E-state index in [0.717, 1.165) is 19.4 Å². The van der Waals surface area contributed by atoms with Crippen molar-refractivity contribution in [3.8, 4) is 0 Å². The van der Waals surface area contributed by atoms with Gasteiger partial charge in [0, 0.05) is 24.7 Å². The Kier molecular flexibility index (Phi) is 4.22. The molecule has 1 heterocycles. The van der Waals surface area contributed by atoms with E-state index in [4.69, 9.17) is 5.73 Å². The molecular weight excluding hydrogens is 200 g/mol. The molecule has 16 heavy (non-hydrogen) atoms. The van der Waals surface area contributed by atoms with Gasteiger partial charge in [0.05, 0.1) is 6.10 Å². The zero-order valence-corrected chi connectivity index (χ0v) is 10.4. The summed E-state index contributed by atoms with van der Waals surface area (Å²) in [5.41, 5.74) is 5.88. The third-order valence-corrected chi connectivity index (χ3v) is 4.44. The fourth-order valence-corrected chi connectivity index (χ4v) is 3.58. The molecule has 0 aromatic carbocycles. The normalized spacial score (nSPS) is 42.2. The van der Waals surface area contributed by atoms with Crippen LogP contribution in [0.3, 0.4) is 0 Å². The van der Waals surface area contributed by atoms with Gasteiger partial charge in [-0.1, -0.05) is 19.3 Å². The molecule has 2 aliphatic rings. The topological polar surface area (TPSA) is 49.5 Å². The standard InChI is InChI=1S/C13H26N2O/c1-10-5-4-6-11(9-14)15(10)12-7-2-3-8-13(12)16/h10-13,16H,2-9,14H2,1H3. The lowest BCUT2D eigenvalue weighted by atomic mass is 9.86. The summed E-state index contributed by atoms with van der Waals surface area (Å²) in [4.78, 5) is 2.54. The molecular formula is C13H26N2O. The molecule has 0 aromatic rings. The van der Waals surface area contributed by atoms with Crippen molar-refractivity contribution in [1.82, 2.24) is 4.90 Å². The summed E-state index contributed by atoms with van der Waals surface area (Å²) >= 11 is 0. The number of nitrogens with zero attached hydrogens (tertiary/aromatic N) is 1. The molecule has 1 saturated heterocycles. The SMILES string of the molecule is CC1CCCC(CN)N1C1CCCCC1O. The Labute approximate surface area is 99.0 Å². The van der Waals surface area contributed by atoms with Crippen molar-refractivity contribution in [2.45, 2.75) is 76.1 Å². The van der Waals surface area contributed by atoms with E-state index in [2.05, 4.69) is 11.8 Å². The Morgan fingerprint density at radius 1 is 1.12 bits per heavy atom. The predicted molar refractivity (Wildman–Crippen MR) is 66.3 cm³/mol. The molecule has 3 heteroatoms. The average molecular weight is 226 g/mol. The molecule has 1 saturated carbocycles.